The number of rotatable bonds is 10. The maximum atomic E-state index is 12.2. The Bertz CT molecular complexity index is 914. The quantitative estimate of drug-likeness (QED) is 0.585. The SMILES string of the molecule is C=CCOc1cccc(NC(=O)CCCN(c2ccc(Cl)cc2)S(C)(=O)=O)c1. The molecule has 0 unspecified atom stereocenters. The lowest BCUT2D eigenvalue weighted by molar-refractivity contribution is -0.116. The van der Waals surface area contributed by atoms with Gasteiger partial charge in [0.25, 0.3) is 0 Å². The molecule has 150 valence electrons. The zero-order chi connectivity index (χ0) is 20.6. The summed E-state index contributed by atoms with van der Waals surface area (Å²) < 4.78 is 30.9. The summed E-state index contributed by atoms with van der Waals surface area (Å²) in [6.07, 6.45) is 3.32. The summed E-state index contributed by atoms with van der Waals surface area (Å²) >= 11 is 5.86. The van der Waals surface area contributed by atoms with E-state index in [1.54, 1.807) is 54.6 Å². The molecule has 0 radical (unpaired) electrons. The third-order valence-electron chi connectivity index (χ3n) is 3.77. The maximum absolute atomic E-state index is 12.2. The zero-order valence-corrected chi connectivity index (χ0v) is 17.2. The first-order chi connectivity index (χ1) is 13.3. The molecule has 2 aromatic carbocycles. The molecule has 0 heterocycles. The lowest BCUT2D eigenvalue weighted by atomic mass is 10.2. The van der Waals surface area contributed by atoms with Crippen LogP contribution in [-0.2, 0) is 14.8 Å². The fraction of sp³-hybridized carbons (Fsp3) is 0.250. The van der Waals surface area contributed by atoms with E-state index in [4.69, 9.17) is 16.3 Å². The number of carbonyl (C=O) groups excluding carboxylic acids is 1. The Morgan fingerprint density at radius 1 is 1.25 bits per heavy atom. The van der Waals surface area contributed by atoms with Crippen LogP contribution < -0.4 is 14.4 Å². The molecule has 1 amide bonds. The minimum Gasteiger partial charge on any atom is -0.489 e. The van der Waals surface area contributed by atoms with E-state index in [2.05, 4.69) is 11.9 Å². The fourth-order valence-corrected chi connectivity index (χ4v) is 3.61. The van der Waals surface area contributed by atoms with Gasteiger partial charge in [0, 0.05) is 29.7 Å². The number of halogens is 1. The molecular formula is C20H23ClN2O4S. The second kappa shape index (κ2) is 10.1. The molecule has 0 saturated carbocycles. The molecule has 0 spiro atoms. The summed E-state index contributed by atoms with van der Waals surface area (Å²) in [5.41, 5.74) is 1.13. The molecule has 8 heteroatoms. The van der Waals surface area contributed by atoms with Crippen LogP contribution in [0.25, 0.3) is 0 Å². The molecule has 0 bridgehead atoms. The third-order valence-corrected chi connectivity index (χ3v) is 5.21. The van der Waals surface area contributed by atoms with Gasteiger partial charge in [0.1, 0.15) is 12.4 Å². The van der Waals surface area contributed by atoms with Crippen LogP contribution >= 0.6 is 11.6 Å². The highest BCUT2D eigenvalue weighted by atomic mass is 35.5. The van der Waals surface area contributed by atoms with Crippen LogP contribution in [-0.4, -0.2) is 33.7 Å². The number of benzene rings is 2. The number of nitrogens with one attached hydrogen (secondary N) is 1. The lowest BCUT2D eigenvalue weighted by Gasteiger charge is -2.22. The van der Waals surface area contributed by atoms with Gasteiger partial charge < -0.3 is 10.1 Å². The summed E-state index contributed by atoms with van der Waals surface area (Å²) in [6.45, 7) is 4.16. The highest BCUT2D eigenvalue weighted by molar-refractivity contribution is 7.92. The smallest absolute Gasteiger partial charge is 0.232 e. The maximum Gasteiger partial charge on any atom is 0.232 e. The number of ether oxygens (including phenoxy) is 1. The van der Waals surface area contributed by atoms with Gasteiger partial charge in [0.2, 0.25) is 15.9 Å². The Morgan fingerprint density at radius 3 is 2.61 bits per heavy atom. The van der Waals surface area contributed by atoms with Gasteiger partial charge in [-0.15, -0.1) is 0 Å². The average molecular weight is 423 g/mol. The van der Waals surface area contributed by atoms with E-state index in [1.165, 1.54) is 4.31 Å². The van der Waals surface area contributed by atoms with Gasteiger partial charge >= 0.3 is 0 Å². The van der Waals surface area contributed by atoms with E-state index in [0.717, 1.165) is 6.26 Å². The van der Waals surface area contributed by atoms with E-state index in [1.807, 2.05) is 0 Å². The van der Waals surface area contributed by atoms with Gasteiger partial charge in [-0.2, -0.15) is 0 Å². The average Bonchev–Trinajstić information content (AvgIpc) is 2.64. The Kier molecular flexibility index (Phi) is 7.90. The van der Waals surface area contributed by atoms with Crippen LogP contribution in [0.1, 0.15) is 12.8 Å². The van der Waals surface area contributed by atoms with Gasteiger partial charge in [-0.05, 0) is 42.8 Å². The first kappa shape index (κ1) is 21.8. The minimum absolute atomic E-state index is 0.178. The monoisotopic (exact) mass is 422 g/mol. The molecule has 1 N–H and O–H groups in total. The number of amides is 1. The van der Waals surface area contributed by atoms with Gasteiger partial charge in [-0.1, -0.05) is 30.3 Å². The van der Waals surface area contributed by atoms with Crippen molar-refractivity contribution in [1.29, 1.82) is 0 Å². The number of hydrogen-bond acceptors (Lipinski definition) is 4. The van der Waals surface area contributed by atoms with Gasteiger partial charge in [-0.25, -0.2) is 8.42 Å². The summed E-state index contributed by atoms with van der Waals surface area (Å²) in [4.78, 5) is 12.2. The van der Waals surface area contributed by atoms with E-state index >= 15 is 0 Å². The predicted molar refractivity (Wildman–Crippen MR) is 114 cm³/mol. The van der Waals surface area contributed by atoms with Crippen LogP contribution in [0.3, 0.4) is 0 Å². The van der Waals surface area contributed by atoms with Crippen molar-refractivity contribution >= 4 is 38.9 Å². The van der Waals surface area contributed by atoms with Crippen molar-refractivity contribution in [3.05, 3.63) is 66.2 Å². The second-order valence-corrected chi connectivity index (χ2v) is 8.43. The Hall–Kier alpha value is -2.51. The van der Waals surface area contributed by atoms with E-state index < -0.39 is 10.0 Å². The van der Waals surface area contributed by atoms with Crippen LogP contribution in [0, 0.1) is 0 Å². The van der Waals surface area contributed by atoms with Crippen molar-refractivity contribution in [3.63, 3.8) is 0 Å². The van der Waals surface area contributed by atoms with Crippen molar-refractivity contribution in [2.45, 2.75) is 12.8 Å². The lowest BCUT2D eigenvalue weighted by Crippen LogP contribution is -2.31. The van der Waals surface area contributed by atoms with E-state index in [9.17, 15) is 13.2 Å². The molecule has 0 aromatic heterocycles. The Balaban J connectivity index is 1.92. The predicted octanol–water partition coefficient (Wildman–Crippen LogP) is 4.09. The van der Waals surface area contributed by atoms with Crippen LogP contribution in [0.15, 0.2) is 61.2 Å². The van der Waals surface area contributed by atoms with Crippen molar-refractivity contribution in [3.8, 4) is 5.75 Å². The molecule has 0 aliphatic rings. The number of anilines is 2. The molecule has 0 aliphatic heterocycles. The Labute approximate surface area is 170 Å². The fourth-order valence-electron chi connectivity index (χ4n) is 2.52. The van der Waals surface area contributed by atoms with Crippen molar-refractivity contribution in [2.24, 2.45) is 0 Å². The topological polar surface area (TPSA) is 75.7 Å². The minimum atomic E-state index is -3.47. The van der Waals surface area contributed by atoms with E-state index in [0.29, 0.717) is 35.2 Å². The Morgan fingerprint density at radius 2 is 1.96 bits per heavy atom. The van der Waals surface area contributed by atoms with Crippen LogP contribution in [0.5, 0.6) is 5.75 Å². The summed E-state index contributed by atoms with van der Waals surface area (Å²) in [5.74, 6) is 0.425. The highest BCUT2D eigenvalue weighted by Gasteiger charge is 2.17. The molecule has 2 rings (SSSR count). The zero-order valence-electron chi connectivity index (χ0n) is 15.6. The van der Waals surface area contributed by atoms with Crippen molar-refractivity contribution < 1.29 is 17.9 Å². The molecular weight excluding hydrogens is 400 g/mol. The molecule has 2 aromatic rings. The number of hydrogen-bond donors (Lipinski definition) is 1. The van der Waals surface area contributed by atoms with Gasteiger partial charge in [0.05, 0.1) is 11.9 Å². The van der Waals surface area contributed by atoms with Crippen molar-refractivity contribution in [2.75, 3.05) is 29.0 Å². The number of carbonyl (C=O) groups is 1. The number of sulfonamides is 1. The molecule has 0 atom stereocenters. The van der Waals surface area contributed by atoms with Crippen molar-refractivity contribution in [1.82, 2.24) is 0 Å². The van der Waals surface area contributed by atoms with Crippen LogP contribution in [0.2, 0.25) is 5.02 Å². The summed E-state index contributed by atoms with van der Waals surface area (Å²) in [7, 11) is -3.47. The highest BCUT2D eigenvalue weighted by Crippen LogP contribution is 2.21. The summed E-state index contributed by atoms with van der Waals surface area (Å²) in [6, 6.07) is 13.6. The number of nitrogens with zero attached hydrogens (tertiary/aromatic N) is 1. The van der Waals surface area contributed by atoms with Crippen LogP contribution in [0.4, 0.5) is 11.4 Å². The first-order valence-corrected chi connectivity index (χ1v) is 10.9. The molecule has 0 aliphatic carbocycles. The molecule has 28 heavy (non-hydrogen) atoms. The van der Waals surface area contributed by atoms with Gasteiger partial charge in [-0.3, -0.25) is 9.10 Å². The van der Waals surface area contributed by atoms with Gasteiger partial charge in [0.15, 0.2) is 0 Å². The first-order valence-electron chi connectivity index (χ1n) is 8.66. The largest absolute Gasteiger partial charge is 0.489 e. The van der Waals surface area contributed by atoms with E-state index in [-0.39, 0.29) is 18.9 Å². The second-order valence-electron chi connectivity index (χ2n) is 6.09. The normalized spacial score (nSPS) is 10.9. The molecule has 6 nitrogen and oxygen atoms in total. The summed E-state index contributed by atoms with van der Waals surface area (Å²) in [5, 5.41) is 3.31. The standard InChI is InChI=1S/C20H23ClN2O4S/c1-3-14-27-19-7-4-6-17(15-19)22-20(24)8-5-13-23(28(2,25)26)18-11-9-16(21)10-12-18/h3-4,6-7,9-12,15H,1,5,8,13-14H2,2H3,(H,22,24). The molecule has 0 saturated heterocycles. The molecule has 0 fully saturated rings. The third kappa shape index (κ3) is 6.90.